The third-order valence-electron chi connectivity index (χ3n) is 9.19. The van der Waals surface area contributed by atoms with Gasteiger partial charge in [0.25, 0.3) is 0 Å². The molecule has 0 aromatic rings. The van der Waals surface area contributed by atoms with Gasteiger partial charge in [-0.2, -0.15) is 0 Å². The Labute approximate surface area is 174 Å². The maximum atomic E-state index is 12.7. The zero-order valence-electron chi connectivity index (χ0n) is 18.3. The minimum atomic E-state index is -0.952. The maximum absolute atomic E-state index is 12.7. The fraction of sp³-hybridized carbons (Fsp3) is 0.760. The Morgan fingerprint density at radius 2 is 1.93 bits per heavy atom. The van der Waals surface area contributed by atoms with Crippen LogP contribution in [0.3, 0.4) is 0 Å². The number of hydrogen-bond acceptors (Lipinski definition) is 3. The van der Waals surface area contributed by atoms with Gasteiger partial charge in [0.15, 0.2) is 0 Å². The van der Waals surface area contributed by atoms with E-state index in [0.29, 0.717) is 23.7 Å². The Hall–Kier alpha value is -1.58. The normalized spacial score (nSPS) is 43.1. The average Bonchev–Trinajstić information content (AvgIpc) is 2.87. The summed E-state index contributed by atoms with van der Waals surface area (Å²) in [4.78, 5) is 24.8. The van der Waals surface area contributed by atoms with Gasteiger partial charge in [0.1, 0.15) is 12.0 Å². The molecule has 0 saturated heterocycles. The largest absolute Gasteiger partial charge is 0.481 e. The number of hydrogen-bond donors (Lipinski definition) is 1. The first-order chi connectivity index (χ1) is 13.6. The fourth-order valence-electron chi connectivity index (χ4n) is 8.13. The molecule has 4 aliphatic carbocycles. The van der Waals surface area contributed by atoms with Crippen molar-refractivity contribution >= 4 is 11.9 Å². The molecule has 29 heavy (non-hydrogen) atoms. The molecule has 0 heterocycles. The van der Waals surface area contributed by atoms with E-state index in [1.54, 1.807) is 0 Å². The number of carboxylic acid groups (broad SMARTS) is 1. The topological polar surface area (TPSA) is 63.6 Å². The van der Waals surface area contributed by atoms with Gasteiger partial charge >= 0.3 is 11.9 Å². The predicted molar refractivity (Wildman–Crippen MR) is 112 cm³/mol. The van der Waals surface area contributed by atoms with Gasteiger partial charge in [-0.3, -0.25) is 4.79 Å². The molecular formula is C25H36O4. The van der Waals surface area contributed by atoms with Crippen molar-refractivity contribution in [3.05, 3.63) is 23.8 Å². The zero-order chi connectivity index (χ0) is 21.0. The van der Waals surface area contributed by atoms with Crippen LogP contribution < -0.4 is 0 Å². The third kappa shape index (κ3) is 3.09. The number of esters is 1. The predicted octanol–water partition coefficient (Wildman–Crippen LogP) is 5.53. The summed E-state index contributed by atoms with van der Waals surface area (Å²) >= 11 is 0. The Kier molecular flexibility index (Phi) is 4.99. The summed E-state index contributed by atoms with van der Waals surface area (Å²) in [7, 11) is 0. The maximum Gasteiger partial charge on any atom is 0.330 e. The van der Waals surface area contributed by atoms with Gasteiger partial charge in [-0.25, -0.2) is 4.79 Å². The van der Waals surface area contributed by atoms with Crippen molar-refractivity contribution in [1.82, 2.24) is 0 Å². The molecule has 4 heteroatoms. The molecule has 1 spiro atoms. The van der Waals surface area contributed by atoms with E-state index in [1.807, 2.05) is 13.8 Å². The highest BCUT2D eigenvalue weighted by Gasteiger charge is 2.66. The summed E-state index contributed by atoms with van der Waals surface area (Å²) in [5.41, 5.74) is 1.70. The Morgan fingerprint density at radius 3 is 2.62 bits per heavy atom. The molecule has 4 saturated carbocycles. The molecule has 0 aromatic carbocycles. The molecule has 2 bridgehead atoms. The van der Waals surface area contributed by atoms with Crippen LogP contribution in [-0.2, 0) is 14.3 Å². The van der Waals surface area contributed by atoms with Crippen molar-refractivity contribution < 1.29 is 19.4 Å². The van der Waals surface area contributed by atoms with Crippen LogP contribution in [0, 0.1) is 34.0 Å². The molecule has 4 rings (SSSR count). The van der Waals surface area contributed by atoms with Crippen LogP contribution in [0.5, 0.6) is 0 Å². The Balaban J connectivity index is 1.65. The highest BCUT2D eigenvalue weighted by atomic mass is 16.5. The molecule has 4 nitrogen and oxygen atoms in total. The van der Waals surface area contributed by atoms with Crippen LogP contribution >= 0.6 is 0 Å². The van der Waals surface area contributed by atoms with E-state index in [1.165, 1.54) is 30.9 Å². The third-order valence-corrected chi connectivity index (χ3v) is 9.19. The standard InChI is InChI=1S/C25H36O4/c1-16(2)12-21(26)29-15-25(22(27)28)10-5-9-23(4)19-7-6-18-14-24(19,13-17(18)3)11-8-20(23)25/h12,18-20H,3,5-11,13-15H2,1-2,4H3,(H,27,28)/t18-,19+,20+,23+,24-,25+/m1/s1. The molecule has 6 atom stereocenters. The van der Waals surface area contributed by atoms with Gasteiger partial charge in [-0.1, -0.05) is 31.1 Å². The molecule has 4 fully saturated rings. The Morgan fingerprint density at radius 1 is 1.17 bits per heavy atom. The van der Waals surface area contributed by atoms with Crippen LogP contribution in [0.25, 0.3) is 0 Å². The van der Waals surface area contributed by atoms with Crippen LogP contribution in [0.2, 0.25) is 0 Å². The number of allylic oxidation sites excluding steroid dienone is 2. The van der Waals surface area contributed by atoms with Gasteiger partial charge in [0, 0.05) is 6.08 Å². The second-order valence-corrected chi connectivity index (χ2v) is 11.0. The van der Waals surface area contributed by atoms with Gasteiger partial charge in [0.2, 0.25) is 0 Å². The number of aliphatic carboxylic acids is 1. The van der Waals surface area contributed by atoms with Crippen molar-refractivity contribution in [3.63, 3.8) is 0 Å². The molecule has 0 amide bonds. The van der Waals surface area contributed by atoms with Crippen molar-refractivity contribution in [2.24, 2.45) is 34.0 Å². The summed E-state index contributed by atoms with van der Waals surface area (Å²) in [6.45, 7) is 10.4. The second kappa shape index (κ2) is 6.99. The van der Waals surface area contributed by atoms with E-state index < -0.39 is 17.4 Å². The van der Waals surface area contributed by atoms with E-state index in [0.717, 1.165) is 37.7 Å². The number of carbonyl (C=O) groups excluding carboxylic acids is 1. The van der Waals surface area contributed by atoms with E-state index in [2.05, 4.69) is 13.5 Å². The molecule has 0 radical (unpaired) electrons. The molecule has 0 aromatic heterocycles. The minimum Gasteiger partial charge on any atom is -0.481 e. The second-order valence-electron chi connectivity index (χ2n) is 11.0. The smallest absolute Gasteiger partial charge is 0.330 e. The first-order valence-corrected chi connectivity index (χ1v) is 11.4. The van der Waals surface area contributed by atoms with Crippen molar-refractivity contribution in [1.29, 1.82) is 0 Å². The lowest BCUT2D eigenvalue weighted by Crippen LogP contribution is -2.60. The zero-order valence-corrected chi connectivity index (χ0v) is 18.3. The van der Waals surface area contributed by atoms with Crippen LogP contribution in [0.4, 0.5) is 0 Å². The van der Waals surface area contributed by atoms with E-state index in [9.17, 15) is 14.7 Å². The quantitative estimate of drug-likeness (QED) is 0.383. The van der Waals surface area contributed by atoms with Crippen LogP contribution in [0.15, 0.2) is 23.8 Å². The van der Waals surface area contributed by atoms with E-state index in [-0.39, 0.29) is 17.9 Å². The highest BCUT2D eigenvalue weighted by molar-refractivity contribution is 5.83. The summed E-state index contributed by atoms with van der Waals surface area (Å²) in [5.74, 6) is 0.125. The number of carbonyl (C=O) groups is 2. The monoisotopic (exact) mass is 400 g/mol. The van der Waals surface area contributed by atoms with E-state index >= 15 is 0 Å². The lowest BCUT2D eigenvalue weighted by molar-refractivity contribution is -0.195. The van der Waals surface area contributed by atoms with Crippen molar-refractivity contribution in [2.75, 3.05) is 6.61 Å². The summed E-state index contributed by atoms with van der Waals surface area (Å²) in [6.07, 6.45) is 10.9. The molecule has 160 valence electrons. The number of carboxylic acids is 1. The molecule has 0 aliphatic heterocycles. The fourth-order valence-corrected chi connectivity index (χ4v) is 8.13. The first kappa shape index (κ1) is 20.7. The summed E-state index contributed by atoms with van der Waals surface area (Å²) in [6, 6.07) is 0. The molecule has 0 unspecified atom stereocenters. The minimum absolute atomic E-state index is 0.000255. The van der Waals surface area contributed by atoms with Gasteiger partial charge in [-0.05, 0) is 93.8 Å². The summed E-state index contributed by atoms with van der Waals surface area (Å²) < 4.78 is 5.55. The Bertz CT molecular complexity index is 763. The van der Waals surface area contributed by atoms with E-state index in [4.69, 9.17) is 4.74 Å². The number of fused-ring (bicyclic) bond motifs is 3. The van der Waals surface area contributed by atoms with Gasteiger partial charge in [0.05, 0.1) is 0 Å². The summed E-state index contributed by atoms with van der Waals surface area (Å²) in [5, 5.41) is 10.4. The lowest BCUT2D eigenvalue weighted by atomic mass is 9.41. The van der Waals surface area contributed by atoms with Crippen molar-refractivity contribution in [2.45, 2.75) is 78.6 Å². The van der Waals surface area contributed by atoms with Gasteiger partial charge < -0.3 is 9.84 Å². The molecule has 1 N–H and O–H groups in total. The SMILES string of the molecule is C=C1C[C@@]23CC[C@@H]4[C@](COC(=O)C=C(C)C)(C(=O)O)CCC[C@@]4(C)[C@@H]2CC[C@@H]1C3. The number of ether oxygens (including phenoxy) is 1. The van der Waals surface area contributed by atoms with Crippen LogP contribution in [0.1, 0.15) is 78.6 Å². The molecular weight excluding hydrogens is 364 g/mol. The lowest BCUT2D eigenvalue weighted by Gasteiger charge is -2.63. The average molecular weight is 401 g/mol. The molecule has 4 aliphatic rings. The number of rotatable bonds is 4. The highest BCUT2D eigenvalue weighted by Crippen LogP contribution is 2.72. The van der Waals surface area contributed by atoms with Gasteiger partial charge in [-0.15, -0.1) is 0 Å². The van der Waals surface area contributed by atoms with Crippen molar-refractivity contribution in [3.8, 4) is 0 Å². The first-order valence-electron chi connectivity index (χ1n) is 11.4. The van der Waals surface area contributed by atoms with Crippen LogP contribution in [-0.4, -0.2) is 23.7 Å².